The number of amides is 1. The molecule has 2 N–H and O–H groups in total. The molecule has 0 spiro atoms. The minimum absolute atomic E-state index is 0.0369. The van der Waals surface area contributed by atoms with Crippen LogP contribution in [0.15, 0.2) is 24.3 Å². The maximum absolute atomic E-state index is 11.2. The van der Waals surface area contributed by atoms with Crippen LogP contribution in [0.25, 0.3) is 0 Å². The Morgan fingerprint density at radius 1 is 1.41 bits per heavy atom. The van der Waals surface area contributed by atoms with Gasteiger partial charge in [-0.1, -0.05) is 12.1 Å². The fraction of sp³-hybridized carbons (Fsp3) is 0.462. The van der Waals surface area contributed by atoms with Gasteiger partial charge in [-0.3, -0.25) is 4.79 Å². The van der Waals surface area contributed by atoms with Gasteiger partial charge < -0.3 is 15.4 Å². The standard InChI is InChI=1S/C13H18N2O2/c1-14-13(16)8-10-2-4-11(5-3-10)15-12-6-7-17-9-12/h2-5,12,15H,6-9H2,1H3,(H,14,16). The van der Waals surface area contributed by atoms with E-state index in [0.717, 1.165) is 30.9 Å². The highest BCUT2D eigenvalue weighted by atomic mass is 16.5. The molecule has 4 heteroatoms. The quantitative estimate of drug-likeness (QED) is 0.822. The van der Waals surface area contributed by atoms with Crippen molar-refractivity contribution in [3.05, 3.63) is 29.8 Å². The van der Waals surface area contributed by atoms with Gasteiger partial charge in [0.1, 0.15) is 0 Å². The van der Waals surface area contributed by atoms with E-state index >= 15 is 0 Å². The zero-order valence-corrected chi connectivity index (χ0v) is 10.0. The first-order valence-electron chi connectivity index (χ1n) is 5.92. The molecule has 1 fully saturated rings. The van der Waals surface area contributed by atoms with Crippen molar-refractivity contribution in [2.75, 3.05) is 25.6 Å². The Bertz CT molecular complexity index is 370. The third-order valence-corrected chi connectivity index (χ3v) is 2.90. The molecule has 4 nitrogen and oxygen atoms in total. The highest BCUT2D eigenvalue weighted by Gasteiger charge is 2.14. The molecular formula is C13H18N2O2. The second-order valence-corrected chi connectivity index (χ2v) is 4.25. The van der Waals surface area contributed by atoms with E-state index in [1.54, 1.807) is 7.05 Å². The number of rotatable bonds is 4. The lowest BCUT2D eigenvalue weighted by molar-refractivity contribution is -0.119. The molecular weight excluding hydrogens is 216 g/mol. The molecule has 1 unspecified atom stereocenters. The molecule has 1 aliphatic heterocycles. The lowest BCUT2D eigenvalue weighted by Gasteiger charge is -2.12. The van der Waals surface area contributed by atoms with E-state index in [2.05, 4.69) is 10.6 Å². The molecule has 2 rings (SSSR count). The summed E-state index contributed by atoms with van der Waals surface area (Å²) in [5, 5.41) is 6.03. The molecule has 0 aromatic heterocycles. The fourth-order valence-electron chi connectivity index (χ4n) is 1.88. The first kappa shape index (κ1) is 11.9. The van der Waals surface area contributed by atoms with Gasteiger partial charge >= 0.3 is 0 Å². The highest BCUT2D eigenvalue weighted by Crippen LogP contribution is 2.15. The number of carbonyl (C=O) groups excluding carboxylic acids is 1. The molecule has 0 radical (unpaired) electrons. The van der Waals surface area contributed by atoms with Gasteiger partial charge in [0.2, 0.25) is 5.91 Å². The number of carbonyl (C=O) groups is 1. The zero-order chi connectivity index (χ0) is 12.1. The molecule has 1 aliphatic rings. The Labute approximate surface area is 101 Å². The summed E-state index contributed by atoms with van der Waals surface area (Å²) in [6.07, 6.45) is 1.49. The van der Waals surface area contributed by atoms with E-state index in [1.165, 1.54) is 0 Å². The summed E-state index contributed by atoms with van der Waals surface area (Å²) in [5.74, 6) is 0.0369. The molecule has 92 valence electrons. The van der Waals surface area contributed by atoms with E-state index in [-0.39, 0.29) is 5.91 Å². The summed E-state index contributed by atoms with van der Waals surface area (Å²) in [7, 11) is 1.65. The average molecular weight is 234 g/mol. The minimum atomic E-state index is 0.0369. The van der Waals surface area contributed by atoms with Gasteiger partial charge in [-0.2, -0.15) is 0 Å². The van der Waals surface area contributed by atoms with Crippen molar-refractivity contribution < 1.29 is 9.53 Å². The van der Waals surface area contributed by atoms with Gasteiger partial charge in [-0.15, -0.1) is 0 Å². The monoisotopic (exact) mass is 234 g/mol. The van der Waals surface area contributed by atoms with Crippen LogP contribution in [0.3, 0.4) is 0 Å². The topological polar surface area (TPSA) is 50.4 Å². The van der Waals surface area contributed by atoms with Crippen LogP contribution in [-0.4, -0.2) is 32.2 Å². The van der Waals surface area contributed by atoms with Crippen LogP contribution in [0, 0.1) is 0 Å². The number of ether oxygens (including phenoxy) is 1. The first-order valence-corrected chi connectivity index (χ1v) is 5.92. The SMILES string of the molecule is CNC(=O)Cc1ccc(NC2CCOC2)cc1. The second kappa shape index (κ2) is 5.68. The summed E-state index contributed by atoms with van der Waals surface area (Å²) in [6.45, 7) is 1.62. The third kappa shape index (κ3) is 3.46. The van der Waals surface area contributed by atoms with Crippen molar-refractivity contribution in [1.82, 2.24) is 5.32 Å². The maximum atomic E-state index is 11.2. The lowest BCUT2D eigenvalue weighted by Crippen LogP contribution is -2.20. The van der Waals surface area contributed by atoms with Crippen LogP contribution in [0.4, 0.5) is 5.69 Å². The molecule has 0 bridgehead atoms. The van der Waals surface area contributed by atoms with Crippen LogP contribution in [-0.2, 0) is 16.0 Å². The van der Waals surface area contributed by atoms with Crippen molar-refractivity contribution in [2.24, 2.45) is 0 Å². The van der Waals surface area contributed by atoms with Crippen LogP contribution in [0.2, 0.25) is 0 Å². The van der Waals surface area contributed by atoms with Crippen LogP contribution >= 0.6 is 0 Å². The number of likely N-dealkylation sites (N-methyl/N-ethyl adjacent to an activating group) is 1. The van der Waals surface area contributed by atoms with Crippen molar-refractivity contribution in [2.45, 2.75) is 18.9 Å². The summed E-state index contributed by atoms with van der Waals surface area (Å²) in [6, 6.07) is 8.40. The van der Waals surface area contributed by atoms with E-state index in [1.807, 2.05) is 24.3 Å². The van der Waals surface area contributed by atoms with Crippen LogP contribution in [0.5, 0.6) is 0 Å². The van der Waals surface area contributed by atoms with Gasteiger partial charge in [0.05, 0.1) is 19.1 Å². The molecule has 1 heterocycles. The second-order valence-electron chi connectivity index (χ2n) is 4.25. The van der Waals surface area contributed by atoms with Gasteiger partial charge in [0.15, 0.2) is 0 Å². The Morgan fingerprint density at radius 2 is 2.18 bits per heavy atom. The Morgan fingerprint density at radius 3 is 2.76 bits per heavy atom. The number of nitrogens with one attached hydrogen (secondary N) is 2. The van der Waals surface area contributed by atoms with Crippen molar-refractivity contribution in [3.8, 4) is 0 Å². The van der Waals surface area contributed by atoms with Crippen molar-refractivity contribution >= 4 is 11.6 Å². The predicted octanol–water partition coefficient (Wildman–Crippen LogP) is 1.18. The highest BCUT2D eigenvalue weighted by molar-refractivity contribution is 5.78. The average Bonchev–Trinajstić information content (AvgIpc) is 2.84. The molecule has 1 saturated heterocycles. The normalized spacial score (nSPS) is 19.0. The van der Waals surface area contributed by atoms with Crippen LogP contribution in [0.1, 0.15) is 12.0 Å². The molecule has 1 aromatic rings. The summed E-state index contributed by atoms with van der Waals surface area (Å²) < 4.78 is 5.30. The molecule has 1 aromatic carbocycles. The Balaban J connectivity index is 1.90. The Hall–Kier alpha value is -1.55. The van der Waals surface area contributed by atoms with Gasteiger partial charge in [-0.05, 0) is 24.1 Å². The fourth-order valence-corrected chi connectivity index (χ4v) is 1.88. The van der Waals surface area contributed by atoms with Crippen molar-refractivity contribution in [3.63, 3.8) is 0 Å². The predicted molar refractivity (Wildman–Crippen MR) is 67.1 cm³/mol. The van der Waals surface area contributed by atoms with Gasteiger partial charge in [-0.25, -0.2) is 0 Å². The molecule has 1 atom stereocenters. The third-order valence-electron chi connectivity index (χ3n) is 2.90. The Kier molecular flexibility index (Phi) is 3.98. The summed E-state index contributed by atoms with van der Waals surface area (Å²) in [5.41, 5.74) is 2.11. The number of hydrogen-bond donors (Lipinski definition) is 2. The van der Waals surface area contributed by atoms with Crippen LogP contribution < -0.4 is 10.6 Å². The number of hydrogen-bond acceptors (Lipinski definition) is 3. The van der Waals surface area contributed by atoms with Gasteiger partial charge in [0.25, 0.3) is 0 Å². The summed E-state index contributed by atoms with van der Waals surface area (Å²) >= 11 is 0. The smallest absolute Gasteiger partial charge is 0.224 e. The molecule has 0 aliphatic carbocycles. The number of benzene rings is 1. The largest absolute Gasteiger partial charge is 0.380 e. The zero-order valence-electron chi connectivity index (χ0n) is 10.0. The van der Waals surface area contributed by atoms with E-state index in [0.29, 0.717) is 12.5 Å². The van der Waals surface area contributed by atoms with Crippen molar-refractivity contribution in [1.29, 1.82) is 0 Å². The molecule has 17 heavy (non-hydrogen) atoms. The van der Waals surface area contributed by atoms with Gasteiger partial charge in [0, 0.05) is 19.3 Å². The molecule has 1 amide bonds. The first-order chi connectivity index (χ1) is 8.28. The molecule has 0 saturated carbocycles. The van der Waals surface area contributed by atoms with E-state index in [4.69, 9.17) is 4.74 Å². The van der Waals surface area contributed by atoms with E-state index < -0.39 is 0 Å². The summed E-state index contributed by atoms with van der Waals surface area (Å²) in [4.78, 5) is 11.2. The minimum Gasteiger partial charge on any atom is -0.380 e. The number of anilines is 1. The van der Waals surface area contributed by atoms with E-state index in [9.17, 15) is 4.79 Å². The lowest BCUT2D eigenvalue weighted by atomic mass is 10.1. The maximum Gasteiger partial charge on any atom is 0.224 e.